The molecule has 0 bridgehead atoms. The molecule has 0 spiro atoms. The largest absolute Gasteiger partial charge is 0.396 e. The summed E-state index contributed by atoms with van der Waals surface area (Å²) in [6.45, 7) is 0.206. The van der Waals surface area contributed by atoms with Crippen molar-refractivity contribution in [3.05, 3.63) is 64.8 Å². The van der Waals surface area contributed by atoms with Gasteiger partial charge in [-0.15, -0.1) is 0 Å². The Balaban J connectivity index is 1.60. The Morgan fingerprint density at radius 2 is 2.04 bits per heavy atom. The highest BCUT2D eigenvalue weighted by molar-refractivity contribution is 5.80. The van der Waals surface area contributed by atoms with Gasteiger partial charge in [-0.1, -0.05) is 18.2 Å². The Bertz CT molecular complexity index is 901. The monoisotopic (exact) mass is 340 g/mol. The molecule has 0 radical (unpaired) electrons. The summed E-state index contributed by atoms with van der Waals surface area (Å²) in [4.78, 5) is 31.1. The number of pyridine rings is 1. The highest BCUT2D eigenvalue weighted by atomic mass is 16.3. The van der Waals surface area contributed by atoms with Crippen LogP contribution in [0.2, 0.25) is 0 Å². The van der Waals surface area contributed by atoms with Crippen LogP contribution in [0.15, 0.2) is 53.5 Å². The normalized spacial score (nSPS) is 12.2. The number of rotatable bonds is 7. The van der Waals surface area contributed by atoms with Crippen molar-refractivity contribution in [3.63, 3.8) is 0 Å². The molecule has 1 unspecified atom stereocenters. The molecule has 0 aliphatic carbocycles. The standard InChI is InChI=1S/C18H20N4O3/c23-12-13(9-14-5-3-4-8-19-14)10-20-17(24)11-22-16-7-2-1-6-15(16)21-18(22)25/h1-8,13,23H,9-12H2,(H,20,24)(H,21,25). The van der Waals surface area contributed by atoms with Crippen LogP contribution in [0, 0.1) is 5.92 Å². The molecule has 0 saturated heterocycles. The number of amides is 1. The minimum absolute atomic E-state index is 0.0517. The second kappa shape index (κ2) is 7.76. The van der Waals surface area contributed by atoms with E-state index < -0.39 is 0 Å². The Hall–Kier alpha value is -2.93. The smallest absolute Gasteiger partial charge is 0.326 e. The Morgan fingerprint density at radius 3 is 2.80 bits per heavy atom. The third-order valence-electron chi connectivity index (χ3n) is 4.05. The fraction of sp³-hybridized carbons (Fsp3) is 0.278. The van der Waals surface area contributed by atoms with Crippen LogP contribution in [0.4, 0.5) is 0 Å². The molecule has 3 aromatic rings. The van der Waals surface area contributed by atoms with Crippen LogP contribution in [-0.2, 0) is 17.8 Å². The lowest BCUT2D eigenvalue weighted by Crippen LogP contribution is -2.36. The number of imidazole rings is 1. The van der Waals surface area contributed by atoms with E-state index in [0.717, 1.165) is 5.69 Å². The lowest BCUT2D eigenvalue weighted by atomic mass is 10.0. The number of nitrogens with one attached hydrogen (secondary N) is 2. The number of aromatic amines is 1. The highest BCUT2D eigenvalue weighted by Crippen LogP contribution is 2.09. The van der Waals surface area contributed by atoms with E-state index in [1.165, 1.54) is 4.57 Å². The summed E-state index contributed by atoms with van der Waals surface area (Å²) in [5.41, 5.74) is 1.94. The first-order valence-corrected chi connectivity index (χ1v) is 8.12. The van der Waals surface area contributed by atoms with Gasteiger partial charge in [-0.2, -0.15) is 0 Å². The molecule has 0 aliphatic heterocycles. The number of H-pyrrole nitrogens is 1. The summed E-state index contributed by atoms with van der Waals surface area (Å²) in [6.07, 6.45) is 2.27. The van der Waals surface area contributed by atoms with Gasteiger partial charge in [0.15, 0.2) is 0 Å². The molecule has 2 heterocycles. The zero-order valence-corrected chi connectivity index (χ0v) is 13.7. The molecule has 2 aromatic heterocycles. The number of fused-ring (bicyclic) bond motifs is 1. The number of nitrogens with zero attached hydrogens (tertiary/aromatic N) is 2. The SMILES string of the molecule is O=C(Cn1c(=O)[nH]c2ccccc21)NCC(CO)Cc1ccccn1. The number of hydrogen-bond donors (Lipinski definition) is 3. The van der Waals surface area contributed by atoms with Gasteiger partial charge in [0.1, 0.15) is 6.54 Å². The molecule has 3 N–H and O–H groups in total. The topological polar surface area (TPSA) is 100 Å². The summed E-state index contributed by atoms with van der Waals surface area (Å²) in [6, 6.07) is 12.8. The van der Waals surface area contributed by atoms with E-state index in [2.05, 4.69) is 15.3 Å². The first-order chi connectivity index (χ1) is 12.2. The zero-order chi connectivity index (χ0) is 17.6. The van der Waals surface area contributed by atoms with E-state index in [4.69, 9.17) is 0 Å². The summed E-state index contributed by atoms with van der Waals surface area (Å²) in [7, 11) is 0. The van der Waals surface area contributed by atoms with E-state index in [1.807, 2.05) is 30.3 Å². The molecule has 0 aliphatic rings. The molecular formula is C18H20N4O3. The van der Waals surface area contributed by atoms with Crippen LogP contribution in [0.25, 0.3) is 11.0 Å². The van der Waals surface area contributed by atoms with Crippen LogP contribution in [-0.4, -0.2) is 38.7 Å². The fourth-order valence-corrected chi connectivity index (χ4v) is 2.74. The van der Waals surface area contributed by atoms with E-state index in [9.17, 15) is 14.7 Å². The summed E-state index contributed by atoms with van der Waals surface area (Å²) >= 11 is 0. The minimum Gasteiger partial charge on any atom is -0.396 e. The summed E-state index contributed by atoms with van der Waals surface area (Å²) in [5, 5.41) is 12.3. The molecule has 0 fully saturated rings. The second-order valence-electron chi connectivity index (χ2n) is 5.91. The van der Waals surface area contributed by atoms with E-state index >= 15 is 0 Å². The van der Waals surface area contributed by atoms with Crippen molar-refractivity contribution in [2.75, 3.05) is 13.2 Å². The molecule has 7 heteroatoms. The number of aromatic nitrogens is 3. The van der Waals surface area contributed by atoms with Gasteiger partial charge >= 0.3 is 5.69 Å². The van der Waals surface area contributed by atoms with Crippen molar-refractivity contribution in [2.45, 2.75) is 13.0 Å². The molecule has 3 rings (SSSR count). The predicted molar refractivity (Wildman–Crippen MR) is 94.1 cm³/mol. The third kappa shape index (κ3) is 4.13. The van der Waals surface area contributed by atoms with Gasteiger partial charge in [0.2, 0.25) is 5.91 Å². The van der Waals surface area contributed by atoms with Gasteiger partial charge in [-0.05, 0) is 30.7 Å². The summed E-state index contributed by atoms with van der Waals surface area (Å²) < 4.78 is 1.40. The quantitative estimate of drug-likeness (QED) is 0.589. The van der Waals surface area contributed by atoms with Crippen LogP contribution in [0.5, 0.6) is 0 Å². The van der Waals surface area contributed by atoms with Crippen LogP contribution >= 0.6 is 0 Å². The van der Waals surface area contributed by atoms with E-state index in [-0.39, 0.29) is 30.7 Å². The van der Waals surface area contributed by atoms with E-state index in [0.29, 0.717) is 24.0 Å². The van der Waals surface area contributed by atoms with E-state index in [1.54, 1.807) is 18.3 Å². The van der Waals surface area contributed by atoms with Gasteiger partial charge in [-0.3, -0.25) is 14.3 Å². The average Bonchev–Trinajstić information content (AvgIpc) is 2.95. The van der Waals surface area contributed by atoms with Gasteiger partial charge < -0.3 is 15.4 Å². The second-order valence-corrected chi connectivity index (χ2v) is 5.91. The number of benzene rings is 1. The fourth-order valence-electron chi connectivity index (χ4n) is 2.74. The number of aliphatic hydroxyl groups is 1. The zero-order valence-electron chi connectivity index (χ0n) is 13.7. The van der Waals surface area contributed by atoms with Crippen molar-refractivity contribution < 1.29 is 9.90 Å². The minimum atomic E-state index is -0.316. The number of carbonyl (C=O) groups is 1. The Labute approximate surface area is 144 Å². The van der Waals surface area contributed by atoms with Crippen molar-refractivity contribution in [2.24, 2.45) is 5.92 Å². The molecule has 1 aromatic carbocycles. The van der Waals surface area contributed by atoms with Crippen LogP contribution < -0.4 is 11.0 Å². The van der Waals surface area contributed by atoms with Crippen molar-refractivity contribution in [3.8, 4) is 0 Å². The Morgan fingerprint density at radius 1 is 1.24 bits per heavy atom. The molecule has 7 nitrogen and oxygen atoms in total. The van der Waals surface area contributed by atoms with Crippen LogP contribution in [0.3, 0.4) is 0 Å². The molecule has 0 saturated carbocycles. The van der Waals surface area contributed by atoms with Gasteiger partial charge in [0, 0.05) is 31.0 Å². The van der Waals surface area contributed by atoms with Gasteiger partial charge in [-0.25, -0.2) is 4.79 Å². The maximum absolute atomic E-state index is 12.2. The average molecular weight is 340 g/mol. The number of hydrogen-bond acceptors (Lipinski definition) is 4. The molecule has 1 atom stereocenters. The molecule has 25 heavy (non-hydrogen) atoms. The maximum atomic E-state index is 12.2. The maximum Gasteiger partial charge on any atom is 0.326 e. The number of aliphatic hydroxyl groups excluding tert-OH is 1. The molecule has 1 amide bonds. The van der Waals surface area contributed by atoms with Crippen molar-refractivity contribution >= 4 is 16.9 Å². The van der Waals surface area contributed by atoms with Crippen molar-refractivity contribution in [1.82, 2.24) is 19.9 Å². The molecule has 130 valence electrons. The predicted octanol–water partition coefficient (Wildman–Crippen LogP) is 0.692. The lowest BCUT2D eigenvalue weighted by molar-refractivity contribution is -0.121. The highest BCUT2D eigenvalue weighted by Gasteiger charge is 2.13. The van der Waals surface area contributed by atoms with Gasteiger partial charge in [0.25, 0.3) is 0 Å². The van der Waals surface area contributed by atoms with Crippen LogP contribution in [0.1, 0.15) is 5.69 Å². The lowest BCUT2D eigenvalue weighted by Gasteiger charge is -2.15. The first-order valence-electron chi connectivity index (χ1n) is 8.12. The number of para-hydroxylation sites is 2. The van der Waals surface area contributed by atoms with Gasteiger partial charge in [0.05, 0.1) is 11.0 Å². The molecular weight excluding hydrogens is 320 g/mol. The first kappa shape index (κ1) is 16.9. The number of carbonyl (C=O) groups excluding carboxylic acids is 1. The summed E-state index contributed by atoms with van der Waals surface area (Å²) in [5.74, 6) is -0.398. The third-order valence-corrected chi connectivity index (χ3v) is 4.05. The Kier molecular flexibility index (Phi) is 5.25. The van der Waals surface area contributed by atoms with Crippen molar-refractivity contribution in [1.29, 1.82) is 0 Å².